The van der Waals surface area contributed by atoms with E-state index in [9.17, 15) is 33.4 Å². The maximum Gasteiger partial charge on any atom is 0.449 e. The summed E-state index contributed by atoms with van der Waals surface area (Å²) in [6.45, 7) is 9.28. The number of rotatable bonds is 5. The number of alkyl halides is 3. The number of benzene rings is 1. The molecule has 1 heterocycles. The van der Waals surface area contributed by atoms with Crippen molar-refractivity contribution in [3.63, 3.8) is 0 Å². The lowest BCUT2D eigenvalue weighted by molar-refractivity contribution is -0.392. The highest BCUT2D eigenvalue weighted by molar-refractivity contribution is 5.99. The first-order chi connectivity index (χ1) is 12.5. The van der Waals surface area contributed by atoms with Crippen molar-refractivity contribution in [2.45, 2.75) is 52.8 Å². The van der Waals surface area contributed by atoms with E-state index in [0.717, 1.165) is 0 Å². The standard InChI is InChI=1S/C16H20F3N5O4/c1-14(2,3)7-15(4,5)22-11-9(24(27)28)6-8(23(25)26)10-12(11)21-13(20-10)16(17,18)19/h6,22H,7H2,1-5H3,(H,20,21). The van der Waals surface area contributed by atoms with Crippen molar-refractivity contribution in [2.24, 2.45) is 5.41 Å². The van der Waals surface area contributed by atoms with Crippen LogP contribution in [0, 0.1) is 25.6 Å². The fourth-order valence-corrected chi connectivity index (χ4v) is 3.39. The van der Waals surface area contributed by atoms with Gasteiger partial charge in [-0.15, -0.1) is 0 Å². The van der Waals surface area contributed by atoms with Gasteiger partial charge in [0.25, 0.3) is 0 Å². The molecule has 1 aromatic carbocycles. The SMILES string of the molecule is CC(C)(C)CC(C)(C)Nc1c([N+](=O)[O-])cc([N+](=O)[O-])c2nc(C(F)(F)F)[nH]c12. The quantitative estimate of drug-likeness (QED) is 0.533. The van der Waals surface area contributed by atoms with E-state index in [-0.39, 0.29) is 11.1 Å². The summed E-state index contributed by atoms with van der Waals surface area (Å²) in [5.41, 5.74) is -3.87. The number of fused-ring (bicyclic) bond motifs is 1. The first kappa shape index (κ1) is 21.4. The van der Waals surface area contributed by atoms with Crippen molar-refractivity contribution in [3.05, 3.63) is 32.1 Å². The largest absolute Gasteiger partial charge is 0.449 e. The molecular formula is C16H20F3N5O4. The molecule has 0 aliphatic carbocycles. The molecule has 0 amide bonds. The van der Waals surface area contributed by atoms with Crippen molar-refractivity contribution in [2.75, 3.05) is 5.32 Å². The zero-order valence-electron chi connectivity index (χ0n) is 15.9. The third-order valence-electron chi connectivity index (χ3n) is 3.82. The van der Waals surface area contributed by atoms with Crippen molar-refractivity contribution >= 4 is 28.1 Å². The summed E-state index contributed by atoms with van der Waals surface area (Å²) in [5, 5.41) is 25.7. The number of nitro benzene ring substituents is 2. The number of nitrogens with one attached hydrogen (secondary N) is 2. The van der Waals surface area contributed by atoms with E-state index in [4.69, 9.17) is 0 Å². The van der Waals surface area contributed by atoms with E-state index >= 15 is 0 Å². The van der Waals surface area contributed by atoms with Crippen LogP contribution in [0.5, 0.6) is 0 Å². The number of imidazole rings is 1. The lowest BCUT2D eigenvalue weighted by atomic mass is 9.81. The first-order valence-electron chi connectivity index (χ1n) is 8.23. The van der Waals surface area contributed by atoms with E-state index in [1.807, 2.05) is 25.8 Å². The minimum atomic E-state index is -4.90. The maximum atomic E-state index is 13.1. The van der Waals surface area contributed by atoms with Crippen LogP contribution < -0.4 is 5.32 Å². The second kappa shape index (κ2) is 6.60. The van der Waals surface area contributed by atoms with E-state index in [0.29, 0.717) is 12.5 Å². The molecule has 0 aliphatic heterocycles. The first-order valence-corrected chi connectivity index (χ1v) is 8.23. The van der Waals surface area contributed by atoms with Gasteiger partial charge in [-0.25, -0.2) is 4.98 Å². The number of aromatic nitrogens is 2. The van der Waals surface area contributed by atoms with E-state index in [1.54, 1.807) is 13.8 Å². The Morgan fingerprint density at radius 3 is 2.04 bits per heavy atom. The van der Waals surface area contributed by atoms with Crippen LogP contribution in [-0.2, 0) is 6.18 Å². The molecule has 1 aromatic heterocycles. The molecule has 2 N–H and O–H groups in total. The summed E-state index contributed by atoms with van der Waals surface area (Å²) in [5.74, 6) is -1.47. The molecule has 12 heteroatoms. The number of hydrogen-bond acceptors (Lipinski definition) is 6. The van der Waals surface area contributed by atoms with Crippen molar-refractivity contribution in [1.29, 1.82) is 0 Å². The van der Waals surface area contributed by atoms with Gasteiger partial charge in [0.05, 0.1) is 15.9 Å². The lowest BCUT2D eigenvalue weighted by Gasteiger charge is -2.34. The number of anilines is 1. The molecule has 0 radical (unpaired) electrons. The second-order valence-corrected chi connectivity index (χ2v) is 8.36. The number of halogens is 3. The van der Waals surface area contributed by atoms with Crippen LogP contribution in [-0.4, -0.2) is 25.4 Å². The Bertz CT molecular complexity index is 944. The van der Waals surface area contributed by atoms with Crippen LogP contribution in [0.15, 0.2) is 6.07 Å². The Labute approximate surface area is 157 Å². The van der Waals surface area contributed by atoms with E-state index < -0.39 is 49.8 Å². The molecule has 0 unspecified atom stereocenters. The predicted molar refractivity (Wildman–Crippen MR) is 96.2 cm³/mol. The molecule has 28 heavy (non-hydrogen) atoms. The third-order valence-corrected chi connectivity index (χ3v) is 3.82. The number of nitro groups is 2. The molecular weight excluding hydrogens is 383 g/mol. The monoisotopic (exact) mass is 403 g/mol. The second-order valence-electron chi connectivity index (χ2n) is 8.36. The highest BCUT2D eigenvalue weighted by Gasteiger charge is 2.39. The smallest absolute Gasteiger partial charge is 0.373 e. The lowest BCUT2D eigenvalue weighted by Crippen LogP contribution is -2.35. The molecule has 0 spiro atoms. The molecule has 2 aromatic rings. The third kappa shape index (κ3) is 4.49. The summed E-state index contributed by atoms with van der Waals surface area (Å²) in [6.07, 6.45) is -4.39. The average molecular weight is 403 g/mol. The van der Waals surface area contributed by atoms with Gasteiger partial charge in [0.15, 0.2) is 5.52 Å². The zero-order chi connectivity index (χ0) is 21.7. The van der Waals surface area contributed by atoms with Gasteiger partial charge in [-0.05, 0) is 25.7 Å². The number of nitrogens with zero attached hydrogens (tertiary/aromatic N) is 3. The van der Waals surface area contributed by atoms with Crippen molar-refractivity contribution in [3.8, 4) is 0 Å². The van der Waals surface area contributed by atoms with Gasteiger partial charge < -0.3 is 10.3 Å². The molecule has 2 rings (SSSR count). The summed E-state index contributed by atoms with van der Waals surface area (Å²) >= 11 is 0. The Morgan fingerprint density at radius 2 is 1.61 bits per heavy atom. The number of hydrogen-bond donors (Lipinski definition) is 2. The van der Waals surface area contributed by atoms with Gasteiger partial charge in [-0.3, -0.25) is 20.2 Å². The topological polar surface area (TPSA) is 127 Å². The number of non-ortho nitro benzene ring substituents is 1. The summed E-state index contributed by atoms with van der Waals surface area (Å²) < 4.78 is 39.3. The minimum absolute atomic E-state index is 0.198. The van der Waals surface area contributed by atoms with Gasteiger partial charge in [0.1, 0.15) is 11.2 Å². The van der Waals surface area contributed by atoms with E-state index in [1.165, 1.54) is 0 Å². The van der Waals surface area contributed by atoms with E-state index in [2.05, 4.69) is 10.3 Å². The number of aromatic amines is 1. The van der Waals surface area contributed by atoms with Crippen LogP contribution in [0.4, 0.5) is 30.2 Å². The number of H-pyrrole nitrogens is 1. The van der Waals surface area contributed by atoms with Crippen LogP contribution in [0.25, 0.3) is 11.0 Å². The van der Waals surface area contributed by atoms with Crippen LogP contribution in [0.2, 0.25) is 0 Å². The molecule has 9 nitrogen and oxygen atoms in total. The Balaban J connectivity index is 2.80. The van der Waals surface area contributed by atoms with Crippen molar-refractivity contribution in [1.82, 2.24) is 9.97 Å². The van der Waals surface area contributed by atoms with Crippen LogP contribution in [0.3, 0.4) is 0 Å². The van der Waals surface area contributed by atoms with Crippen LogP contribution in [0.1, 0.15) is 46.9 Å². The zero-order valence-corrected chi connectivity index (χ0v) is 15.9. The van der Waals surface area contributed by atoms with Gasteiger partial charge >= 0.3 is 17.6 Å². The highest BCUT2D eigenvalue weighted by Crippen LogP contribution is 2.42. The molecule has 0 bridgehead atoms. The normalized spacial score (nSPS) is 13.0. The summed E-state index contributed by atoms with van der Waals surface area (Å²) in [6, 6.07) is 0.624. The fraction of sp³-hybridized carbons (Fsp3) is 0.562. The summed E-state index contributed by atoms with van der Waals surface area (Å²) in [7, 11) is 0. The fourth-order valence-electron chi connectivity index (χ4n) is 3.39. The Hall–Kier alpha value is -2.92. The van der Waals surface area contributed by atoms with Crippen molar-refractivity contribution < 1.29 is 23.0 Å². The highest BCUT2D eigenvalue weighted by atomic mass is 19.4. The van der Waals surface area contributed by atoms with Crippen LogP contribution >= 0.6 is 0 Å². The molecule has 0 saturated carbocycles. The van der Waals surface area contributed by atoms with Gasteiger partial charge in [-0.1, -0.05) is 20.8 Å². The average Bonchev–Trinajstić information content (AvgIpc) is 2.88. The molecule has 0 fully saturated rings. The Kier molecular flexibility index (Phi) is 5.04. The molecule has 154 valence electrons. The maximum absolute atomic E-state index is 13.1. The minimum Gasteiger partial charge on any atom is -0.373 e. The summed E-state index contributed by atoms with van der Waals surface area (Å²) in [4.78, 5) is 26.1. The molecule has 0 aliphatic rings. The molecule has 0 atom stereocenters. The van der Waals surface area contributed by atoms with Gasteiger partial charge in [-0.2, -0.15) is 13.2 Å². The predicted octanol–water partition coefficient (Wildman–Crippen LogP) is 5.02. The molecule has 0 saturated heterocycles. The Morgan fingerprint density at radius 1 is 1.07 bits per heavy atom. The van der Waals surface area contributed by atoms with Gasteiger partial charge in [0, 0.05) is 5.54 Å². The van der Waals surface area contributed by atoms with Gasteiger partial charge in [0.2, 0.25) is 5.82 Å².